The Morgan fingerprint density at radius 1 is 1.58 bits per heavy atom. The summed E-state index contributed by atoms with van der Waals surface area (Å²) in [5.74, 6) is 6.73. The number of rotatable bonds is 1. The van der Waals surface area contributed by atoms with Crippen LogP contribution in [0.25, 0.3) is 0 Å². The molecular formula is C10H11NO. The van der Waals surface area contributed by atoms with Crippen LogP contribution >= 0.6 is 0 Å². The Hall–Kier alpha value is -1.49. The van der Waals surface area contributed by atoms with Gasteiger partial charge in [-0.25, -0.2) is 0 Å². The number of hydrogen-bond donors (Lipinski definition) is 0. The maximum atomic E-state index is 5.10. The second kappa shape index (κ2) is 4.40. The average molecular weight is 161 g/mol. The van der Waals surface area contributed by atoms with E-state index in [1.54, 1.807) is 25.6 Å². The van der Waals surface area contributed by atoms with Crippen LogP contribution in [0.15, 0.2) is 18.5 Å². The van der Waals surface area contributed by atoms with Crippen molar-refractivity contribution in [3.63, 3.8) is 0 Å². The fourth-order valence-electron chi connectivity index (χ4n) is 0.837. The molecule has 1 rings (SSSR count). The summed E-state index contributed by atoms with van der Waals surface area (Å²) in [6.07, 6.45) is 4.25. The highest BCUT2D eigenvalue weighted by Crippen LogP contribution is 2.13. The van der Waals surface area contributed by atoms with Crippen LogP contribution < -0.4 is 4.74 Å². The van der Waals surface area contributed by atoms with E-state index in [0.29, 0.717) is 0 Å². The Balaban J connectivity index is 2.97. The minimum Gasteiger partial charge on any atom is -0.495 e. The summed E-state index contributed by atoms with van der Waals surface area (Å²) in [5.41, 5.74) is 0.849. The Labute approximate surface area is 72.6 Å². The van der Waals surface area contributed by atoms with E-state index in [2.05, 4.69) is 16.8 Å². The lowest BCUT2D eigenvalue weighted by Crippen LogP contribution is -1.87. The molecular weight excluding hydrogens is 150 g/mol. The first-order valence-electron chi connectivity index (χ1n) is 3.85. The van der Waals surface area contributed by atoms with E-state index >= 15 is 0 Å². The van der Waals surface area contributed by atoms with Gasteiger partial charge in [-0.3, -0.25) is 4.98 Å². The predicted molar refractivity (Wildman–Crippen MR) is 48.0 cm³/mol. The molecule has 12 heavy (non-hydrogen) atoms. The van der Waals surface area contributed by atoms with Gasteiger partial charge < -0.3 is 4.74 Å². The van der Waals surface area contributed by atoms with Gasteiger partial charge in [-0.1, -0.05) is 18.8 Å². The van der Waals surface area contributed by atoms with Gasteiger partial charge in [-0.05, 0) is 6.07 Å². The van der Waals surface area contributed by atoms with Gasteiger partial charge in [-0.2, -0.15) is 0 Å². The van der Waals surface area contributed by atoms with E-state index in [1.807, 2.05) is 6.92 Å². The third kappa shape index (κ3) is 2.00. The Morgan fingerprint density at radius 3 is 3.08 bits per heavy atom. The highest BCUT2D eigenvalue weighted by Gasteiger charge is 1.96. The number of hydrogen-bond acceptors (Lipinski definition) is 2. The molecule has 0 spiro atoms. The quantitative estimate of drug-likeness (QED) is 0.586. The maximum absolute atomic E-state index is 5.10. The molecule has 2 nitrogen and oxygen atoms in total. The topological polar surface area (TPSA) is 22.1 Å². The molecule has 0 aromatic carbocycles. The van der Waals surface area contributed by atoms with Crippen LogP contribution in [0.3, 0.4) is 0 Å². The molecule has 0 saturated carbocycles. The van der Waals surface area contributed by atoms with Crippen molar-refractivity contribution >= 4 is 0 Å². The summed E-state index contributed by atoms with van der Waals surface area (Å²) >= 11 is 0. The van der Waals surface area contributed by atoms with Crippen molar-refractivity contribution in [2.24, 2.45) is 0 Å². The Morgan fingerprint density at radius 2 is 2.42 bits per heavy atom. The molecule has 0 bridgehead atoms. The monoisotopic (exact) mass is 161 g/mol. The molecule has 0 aliphatic rings. The average Bonchev–Trinajstić information content (AvgIpc) is 2.15. The molecule has 0 fully saturated rings. The molecule has 1 aromatic heterocycles. The van der Waals surface area contributed by atoms with Crippen molar-refractivity contribution in [1.29, 1.82) is 0 Å². The van der Waals surface area contributed by atoms with Crippen molar-refractivity contribution in [1.82, 2.24) is 4.98 Å². The van der Waals surface area contributed by atoms with Crippen molar-refractivity contribution < 1.29 is 4.74 Å². The van der Waals surface area contributed by atoms with Gasteiger partial charge >= 0.3 is 0 Å². The molecule has 0 atom stereocenters. The smallest absolute Gasteiger partial charge is 0.137 e. The van der Waals surface area contributed by atoms with E-state index in [4.69, 9.17) is 4.74 Å². The lowest BCUT2D eigenvalue weighted by Gasteiger charge is -1.99. The molecule has 0 unspecified atom stereocenters. The molecule has 2 heteroatoms. The highest BCUT2D eigenvalue weighted by molar-refractivity contribution is 5.43. The van der Waals surface area contributed by atoms with E-state index < -0.39 is 0 Å². The molecule has 0 aliphatic heterocycles. The van der Waals surface area contributed by atoms with Crippen molar-refractivity contribution in [2.75, 3.05) is 7.11 Å². The molecule has 0 saturated heterocycles. The van der Waals surface area contributed by atoms with Crippen LogP contribution in [0.2, 0.25) is 0 Å². The number of aromatic nitrogens is 1. The van der Waals surface area contributed by atoms with Crippen molar-refractivity contribution in [2.45, 2.75) is 13.3 Å². The van der Waals surface area contributed by atoms with Crippen molar-refractivity contribution in [3.05, 3.63) is 24.0 Å². The molecule has 0 aliphatic carbocycles. The van der Waals surface area contributed by atoms with E-state index in [9.17, 15) is 0 Å². The Bertz CT molecular complexity index is 309. The lowest BCUT2D eigenvalue weighted by atomic mass is 10.2. The van der Waals surface area contributed by atoms with Gasteiger partial charge in [0, 0.05) is 18.8 Å². The summed E-state index contributed by atoms with van der Waals surface area (Å²) in [5, 5.41) is 0. The van der Waals surface area contributed by atoms with E-state index in [1.165, 1.54) is 0 Å². The fraction of sp³-hybridized carbons (Fsp3) is 0.300. The summed E-state index contributed by atoms with van der Waals surface area (Å²) in [6, 6.07) is 1.81. The maximum Gasteiger partial charge on any atom is 0.137 e. The molecule has 0 amide bonds. The third-order valence-corrected chi connectivity index (χ3v) is 1.40. The zero-order valence-corrected chi connectivity index (χ0v) is 7.29. The molecule has 1 heterocycles. The van der Waals surface area contributed by atoms with Crippen molar-refractivity contribution in [3.8, 4) is 17.6 Å². The predicted octanol–water partition coefficient (Wildman–Crippen LogP) is 1.85. The van der Waals surface area contributed by atoms with Crippen LogP contribution in [0.5, 0.6) is 5.75 Å². The largest absolute Gasteiger partial charge is 0.495 e. The summed E-state index contributed by atoms with van der Waals surface area (Å²) in [4.78, 5) is 3.96. The lowest BCUT2D eigenvalue weighted by molar-refractivity contribution is 0.413. The number of nitrogens with zero attached hydrogens (tertiary/aromatic N) is 1. The van der Waals surface area contributed by atoms with Crippen LogP contribution in [-0.4, -0.2) is 12.1 Å². The minimum absolute atomic E-state index is 0.783. The standard InChI is InChI=1S/C10H11NO/c1-3-4-5-9-8-11-7-6-10(9)12-2/h6-8H,3H2,1-2H3. The fourth-order valence-corrected chi connectivity index (χ4v) is 0.837. The molecule has 62 valence electrons. The van der Waals surface area contributed by atoms with Crippen LogP contribution in [0, 0.1) is 11.8 Å². The first kappa shape index (κ1) is 8.61. The zero-order chi connectivity index (χ0) is 8.81. The second-order valence-electron chi connectivity index (χ2n) is 2.23. The number of methoxy groups -OCH3 is 1. The molecule has 1 aromatic rings. The summed E-state index contributed by atoms with van der Waals surface area (Å²) in [6.45, 7) is 2.01. The zero-order valence-electron chi connectivity index (χ0n) is 7.29. The van der Waals surface area contributed by atoms with E-state index in [0.717, 1.165) is 17.7 Å². The summed E-state index contributed by atoms with van der Waals surface area (Å²) in [7, 11) is 1.63. The van der Waals surface area contributed by atoms with Gasteiger partial charge in [-0.15, -0.1) is 0 Å². The van der Waals surface area contributed by atoms with Gasteiger partial charge in [0.05, 0.1) is 12.7 Å². The normalized spacial score (nSPS) is 8.50. The molecule has 0 radical (unpaired) electrons. The van der Waals surface area contributed by atoms with Crippen LogP contribution in [-0.2, 0) is 0 Å². The molecule has 0 N–H and O–H groups in total. The van der Waals surface area contributed by atoms with E-state index in [-0.39, 0.29) is 0 Å². The van der Waals surface area contributed by atoms with Gasteiger partial charge in [0.15, 0.2) is 0 Å². The van der Waals surface area contributed by atoms with Crippen LogP contribution in [0.1, 0.15) is 18.9 Å². The minimum atomic E-state index is 0.783. The number of pyridine rings is 1. The first-order valence-corrected chi connectivity index (χ1v) is 3.85. The second-order valence-corrected chi connectivity index (χ2v) is 2.23. The highest BCUT2D eigenvalue weighted by atomic mass is 16.5. The SMILES string of the molecule is CCC#Cc1cnccc1OC. The van der Waals surface area contributed by atoms with Crippen LogP contribution in [0.4, 0.5) is 0 Å². The van der Waals surface area contributed by atoms with Gasteiger partial charge in [0.1, 0.15) is 5.75 Å². The number of ether oxygens (including phenoxy) is 1. The summed E-state index contributed by atoms with van der Waals surface area (Å²) < 4.78 is 5.10. The van der Waals surface area contributed by atoms with Gasteiger partial charge in [0.25, 0.3) is 0 Å². The third-order valence-electron chi connectivity index (χ3n) is 1.40. The Kier molecular flexibility index (Phi) is 3.16. The first-order chi connectivity index (χ1) is 5.88. The van der Waals surface area contributed by atoms with Gasteiger partial charge in [0.2, 0.25) is 0 Å².